The standard InChI is InChI=1S/C15H25N/c1-6-16-14-9-11(2)7-8-13(14)12(3)10-15(16,4)5/h7,9,12-13H,6,8,10H2,1-5H3. The molecule has 1 aliphatic carbocycles. The Morgan fingerprint density at radius 2 is 2.12 bits per heavy atom. The topological polar surface area (TPSA) is 3.24 Å². The minimum atomic E-state index is 0.328. The molecule has 0 bridgehead atoms. The van der Waals surface area contributed by atoms with Crippen molar-refractivity contribution in [3.8, 4) is 0 Å². The van der Waals surface area contributed by atoms with Gasteiger partial charge in [0, 0.05) is 23.7 Å². The molecule has 90 valence electrons. The predicted octanol–water partition coefficient (Wildman–Crippen LogP) is 3.98. The molecule has 0 spiro atoms. The van der Waals surface area contributed by atoms with Gasteiger partial charge in [-0.15, -0.1) is 0 Å². The van der Waals surface area contributed by atoms with Gasteiger partial charge in [0.2, 0.25) is 0 Å². The summed E-state index contributed by atoms with van der Waals surface area (Å²) in [7, 11) is 0. The molecule has 1 aliphatic heterocycles. The highest BCUT2D eigenvalue weighted by molar-refractivity contribution is 5.30. The van der Waals surface area contributed by atoms with Crippen molar-refractivity contribution in [1.29, 1.82) is 0 Å². The van der Waals surface area contributed by atoms with E-state index in [1.165, 1.54) is 18.4 Å². The number of nitrogens with zero attached hydrogens (tertiary/aromatic N) is 1. The second-order valence-electron chi connectivity index (χ2n) is 6.10. The molecule has 0 aromatic heterocycles. The third kappa shape index (κ3) is 1.81. The first-order valence-corrected chi connectivity index (χ1v) is 6.61. The second kappa shape index (κ2) is 3.94. The Hall–Kier alpha value is -0.720. The number of rotatable bonds is 1. The van der Waals surface area contributed by atoms with Crippen LogP contribution in [0.5, 0.6) is 0 Å². The van der Waals surface area contributed by atoms with Gasteiger partial charge in [0.05, 0.1) is 0 Å². The second-order valence-corrected chi connectivity index (χ2v) is 6.10. The molecule has 2 aliphatic rings. The summed E-state index contributed by atoms with van der Waals surface area (Å²) in [4.78, 5) is 2.62. The molecule has 2 atom stereocenters. The van der Waals surface area contributed by atoms with E-state index >= 15 is 0 Å². The van der Waals surface area contributed by atoms with E-state index in [2.05, 4.69) is 51.7 Å². The van der Waals surface area contributed by atoms with E-state index in [0.29, 0.717) is 5.54 Å². The molecule has 1 heteroatoms. The van der Waals surface area contributed by atoms with Crippen molar-refractivity contribution in [3.63, 3.8) is 0 Å². The van der Waals surface area contributed by atoms with E-state index in [4.69, 9.17) is 0 Å². The molecule has 0 N–H and O–H groups in total. The maximum Gasteiger partial charge on any atom is 0.0345 e. The maximum atomic E-state index is 2.62. The molecule has 1 nitrogen and oxygen atoms in total. The van der Waals surface area contributed by atoms with Gasteiger partial charge < -0.3 is 4.90 Å². The van der Waals surface area contributed by atoms with Crippen molar-refractivity contribution in [2.75, 3.05) is 6.54 Å². The van der Waals surface area contributed by atoms with Crippen LogP contribution in [0.1, 0.15) is 47.5 Å². The van der Waals surface area contributed by atoms with Crippen molar-refractivity contribution >= 4 is 0 Å². The molecule has 0 saturated carbocycles. The third-order valence-electron chi connectivity index (χ3n) is 4.32. The normalized spacial score (nSPS) is 32.9. The Morgan fingerprint density at radius 3 is 2.75 bits per heavy atom. The summed E-state index contributed by atoms with van der Waals surface area (Å²) in [5.41, 5.74) is 3.36. The zero-order valence-corrected chi connectivity index (χ0v) is 11.4. The summed E-state index contributed by atoms with van der Waals surface area (Å²) in [6, 6.07) is 0. The van der Waals surface area contributed by atoms with Crippen molar-refractivity contribution in [2.24, 2.45) is 11.8 Å². The average Bonchev–Trinajstić information content (AvgIpc) is 2.16. The highest BCUT2D eigenvalue weighted by Crippen LogP contribution is 2.44. The number of piperidine rings is 1. The lowest BCUT2D eigenvalue weighted by Gasteiger charge is -2.52. The zero-order chi connectivity index (χ0) is 11.9. The summed E-state index contributed by atoms with van der Waals surface area (Å²) in [5, 5.41) is 0. The van der Waals surface area contributed by atoms with Crippen LogP contribution in [-0.2, 0) is 0 Å². The maximum absolute atomic E-state index is 2.62. The number of hydrogen-bond acceptors (Lipinski definition) is 1. The van der Waals surface area contributed by atoms with Crippen LogP contribution in [0.25, 0.3) is 0 Å². The Labute approximate surface area is 100 Å². The minimum Gasteiger partial charge on any atom is -0.370 e. The van der Waals surface area contributed by atoms with Gasteiger partial charge in [-0.2, -0.15) is 0 Å². The van der Waals surface area contributed by atoms with E-state index in [-0.39, 0.29) is 0 Å². The van der Waals surface area contributed by atoms with Crippen LogP contribution in [0.3, 0.4) is 0 Å². The van der Waals surface area contributed by atoms with Crippen LogP contribution in [0.2, 0.25) is 0 Å². The van der Waals surface area contributed by atoms with Gasteiger partial charge in [-0.3, -0.25) is 0 Å². The number of allylic oxidation sites excluding steroid dienone is 4. The summed E-state index contributed by atoms with van der Waals surface area (Å²) in [6.45, 7) is 12.8. The number of likely N-dealkylation sites (tertiary alicyclic amines) is 1. The quantitative estimate of drug-likeness (QED) is 0.645. The van der Waals surface area contributed by atoms with Crippen LogP contribution >= 0.6 is 0 Å². The van der Waals surface area contributed by atoms with Crippen LogP contribution < -0.4 is 0 Å². The fourth-order valence-electron chi connectivity index (χ4n) is 3.64. The van der Waals surface area contributed by atoms with Gasteiger partial charge in [-0.25, -0.2) is 0 Å². The van der Waals surface area contributed by atoms with Gasteiger partial charge in [-0.05, 0) is 52.5 Å². The zero-order valence-electron chi connectivity index (χ0n) is 11.4. The summed E-state index contributed by atoms with van der Waals surface area (Å²) >= 11 is 0. The highest BCUT2D eigenvalue weighted by atomic mass is 15.2. The first-order valence-electron chi connectivity index (χ1n) is 6.61. The van der Waals surface area contributed by atoms with Gasteiger partial charge in [-0.1, -0.05) is 18.6 Å². The molecule has 2 rings (SSSR count). The largest absolute Gasteiger partial charge is 0.370 e. The SMILES string of the molecule is CCN1C2=CC(C)=CCC2C(C)CC1(C)C. The van der Waals surface area contributed by atoms with Gasteiger partial charge >= 0.3 is 0 Å². The van der Waals surface area contributed by atoms with Crippen molar-refractivity contribution in [2.45, 2.75) is 53.0 Å². The summed E-state index contributed by atoms with van der Waals surface area (Å²) < 4.78 is 0. The van der Waals surface area contributed by atoms with E-state index in [1.54, 1.807) is 5.70 Å². The minimum absolute atomic E-state index is 0.328. The van der Waals surface area contributed by atoms with Crippen molar-refractivity contribution in [1.82, 2.24) is 4.90 Å². The molecule has 0 amide bonds. The lowest BCUT2D eigenvalue weighted by atomic mass is 9.72. The van der Waals surface area contributed by atoms with Gasteiger partial charge in [0.15, 0.2) is 0 Å². The van der Waals surface area contributed by atoms with Crippen LogP contribution in [0.4, 0.5) is 0 Å². The molecule has 2 unspecified atom stereocenters. The molecule has 1 fully saturated rings. The molecule has 0 aromatic carbocycles. The Balaban J connectivity index is 2.38. The number of fused-ring (bicyclic) bond motifs is 1. The number of hydrogen-bond donors (Lipinski definition) is 0. The smallest absolute Gasteiger partial charge is 0.0345 e. The third-order valence-corrected chi connectivity index (χ3v) is 4.32. The van der Waals surface area contributed by atoms with Gasteiger partial charge in [0.1, 0.15) is 0 Å². The van der Waals surface area contributed by atoms with Crippen LogP contribution in [0.15, 0.2) is 23.4 Å². The fourth-order valence-corrected chi connectivity index (χ4v) is 3.64. The average molecular weight is 219 g/mol. The van der Waals surface area contributed by atoms with Crippen LogP contribution in [0, 0.1) is 11.8 Å². The Kier molecular flexibility index (Phi) is 2.90. The molecule has 16 heavy (non-hydrogen) atoms. The van der Waals surface area contributed by atoms with E-state index < -0.39 is 0 Å². The van der Waals surface area contributed by atoms with Crippen molar-refractivity contribution in [3.05, 3.63) is 23.4 Å². The molecular weight excluding hydrogens is 194 g/mol. The highest BCUT2D eigenvalue weighted by Gasteiger charge is 2.40. The molecular formula is C15H25N. The van der Waals surface area contributed by atoms with Crippen LogP contribution in [-0.4, -0.2) is 17.0 Å². The monoisotopic (exact) mass is 219 g/mol. The molecule has 1 saturated heterocycles. The summed E-state index contributed by atoms with van der Waals surface area (Å²) in [6.07, 6.45) is 7.37. The van der Waals surface area contributed by atoms with E-state index in [0.717, 1.165) is 18.4 Å². The lowest BCUT2D eigenvalue weighted by Crippen LogP contribution is -2.51. The first kappa shape index (κ1) is 11.8. The Morgan fingerprint density at radius 1 is 1.44 bits per heavy atom. The Bertz CT molecular complexity index is 335. The fraction of sp³-hybridized carbons (Fsp3) is 0.733. The summed E-state index contributed by atoms with van der Waals surface area (Å²) in [5.74, 6) is 1.57. The van der Waals surface area contributed by atoms with Crippen molar-refractivity contribution < 1.29 is 0 Å². The molecule has 0 radical (unpaired) electrons. The molecule has 0 aromatic rings. The predicted molar refractivity (Wildman–Crippen MR) is 70.2 cm³/mol. The van der Waals surface area contributed by atoms with Gasteiger partial charge in [0.25, 0.3) is 0 Å². The lowest BCUT2D eigenvalue weighted by molar-refractivity contribution is 0.0636. The molecule has 1 heterocycles. The van der Waals surface area contributed by atoms with E-state index in [1.807, 2.05) is 0 Å². The van der Waals surface area contributed by atoms with E-state index in [9.17, 15) is 0 Å². The first-order chi connectivity index (χ1) is 7.45.